The quantitative estimate of drug-likeness (QED) is 0.680. The molecule has 0 saturated carbocycles. The number of carbonyl (C=O) groups is 1. The van der Waals surface area contributed by atoms with Crippen LogP contribution in [-0.2, 0) is 11.4 Å². The van der Waals surface area contributed by atoms with E-state index in [1.165, 1.54) is 10.9 Å². The number of rotatable bonds is 2. The van der Waals surface area contributed by atoms with Crippen molar-refractivity contribution in [2.45, 2.75) is 6.61 Å². The first-order chi connectivity index (χ1) is 6.36. The number of hydrogen-bond donors (Lipinski definition) is 1. The molecule has 0 aliphatic rings. The van der Waals surface area contributed by atoms with Crippen molar-refractivity contribution in [3.05, 3.63) is 30.1 Å². The summed E-state index contributed by atoms with van der Waals surface area (Å²) in [6.07, 6.45) is 2.13. The molecule has 0 bridgehead atoms. The molecule has 1 aromatic heterocycles. The molecule has 0 unspecified atom stereocenters. The first-order valence-electron chi connectivity index (χ1n) is 3.87. The first-order valence-corrected chi connectivity index (χ1v) is 3.87. The first kappa shape index (κ1) is 7.94. The number of benzene rings is 1. The molecule has 0 fully saturated rings. The number of nitrogens with zero attached hydrogens (tertiary/aromatic N) is 2. The van der Waals surface area contributed by atoms with Crippen LogP contribution in [0.4, 0.5) is 0 Å². The maximum absolute atomic E-state index is 10.5. The number of para-hydroxylation sites is 1. The van der Waals surface area contributed by atoms with Crippen molar-refractivity contribution in [2.75, 3.05) is 0 Å². The molecular weight excluding hydrogens is 168 g/mol. The molecule has 4 heteroatoms. The molecule has 0 radical (unpaired) electrons. The van der Waals surface area contributed by atoms with Crippen molar-refractivity contribution >= 4 is 17.4 Å². The molecule has 2 aromatic rings. The Morgan fingerprint density at radius 1 is 1.54 bits per heavy atom. The molecule has 2 rings (SSSR count). The predicted molar refractivity (Wildman–Crippen MR) is 47.8 cm³/mol. The fraction of sp³-hybridized carbons (Fsp3) is 0.111. The molecule has 0 amide bonds. The van der Waals surface area contributed by atoms with Crippen LogP contribution in [0, 0.1) is 0 Å². The van der Waals surface area contributed by atoms with Gasteiger partial charge in [0, 0.05) is 5.56 Å². The van der Waals surface area contributed by atoms with E-state index in [2.05, 4.69) is 4.98 Å². The summed E-state index contributed by atoms with van der Waals surface area (Å²) in [6.45, 7) is -0.0623. The van der Waals surface area contributed by atoms with E-state index in [1.54, 1.807) is 18.2 Å². The van der Waals surface area contributed by atoms with E-state index in [-0.39, 0.29) is 6.61 Å². The smallest absolute Gasteiger partial charge is 0.219 e. The highest BCUT2D eigenvalue weighted by Gasteiger charge is 2.04. The molecule has 0 saturated heterocycles. The average molecular weight is 176 g/mol. The Kier molecular flexibility index (Phi) is 1.83. The van der Waals surface area contributed by atoms with Crippen LogP contribution in [0.5, 0.6) is 0 Å². The standard InChI is InChI=1S/C9H8N2O2/c12-4-7-2-1-3-8-9(7)10-5-11(8)6-13/h1-3,5-6,12H,4H2. The van der Waals surface area contributed by atoms with Crippen molar-refractivity contribution in [1.29, 1.82) is 0 Å². The Balaban J connectivity index is 2.79. The lowest BCUT2D eigenvalue weighted by Gasteiger charge is -1.96. The summed E-state index contributed by atoms with van der Waals surface area (Å²) in [5, 5.41) is 8.98. The normalized spacial score (nSPS) is 10.5. The summed E-state index contributed by atoms with van der Waals surface area (Å²) >= 11 is 0. The van der Waals surface area contributed by atoms with E-state index in [0.717, 1.165) is 11.1 Å². The van der Waals surface area contributed by atoms with Crippen molar-refractivity contribution < 1.29 is 9.90 Å². The number of aliphatic hydroxyl groups is 1. The molecule has 0 spiro atoms. The van der Waals surface area contributed by atoms with Crippen LogP contribution in [-0.4, -0.2) is 21.1 Å². The van der Waals surface area contributed by atoms with Gasteiger partial charge in [-0.25, -0.2) is 4.98 Å². The highest BCUT2D eigenvalue weighted by Crippen LogP contribution is 2.15. The van der Waals surface area contributed by atoms with Crippen LogP contribution in [0.1, 0.15) is 5.56 Å². The monoisotopic (exact) mass is 176 g/mol. The SMILES string of the molecule is O=Cn1cnc2c(CO)cccc21. The molecule has 13 heavy (non-hydrogen) atoms. The number of hydrogen-bond acceptors (Lipinski definition) is 3. The minimum Gasteiger partial charge on any atom is -0.392 e. The lowest BCUT2D eigenvalue weighted by Crippen LogP contribution is -1.91. The minimum absolute atomic E-state index is 0.0623. The van der Waals surface area contributed by atoms with Gasteiger partial charge in [-0.05, 0) is 6.07 Å². The van der Waals surface area contributed by atoms with Crippen LogP contribution >= 0.6 is 0 Å². The molecule has 1 N–H and O–H groups in total. The van der Waals surface area contributed by atoms with E-state index in [4.69, 9.17) is 5.11 Å². The zero-order valence-electron chi connectivity index (χ0n) is 6.84. The highest BCUT2D eigenvalue weighted by molar-refractivity contribution is 5.83. The van der Waals surface area contributed by atoms with Crippen molar-refractivity contribution in [1.82, 2.24) is 9.55 Å². The van der Waals surface area contributed by atoms with E-state index in [9.17, 15) is 4.79 Å². The van der Waals surface area contributed by atoms with E-state index in [1.807, 2.05) is 0 Å². The summed E-state index contributed by atoms with van der Waals surface area (Å²) in [5.74, 6) is 0. The van der Waals surface area contributed by atoms with Crippen LogP contribution < -0.4 is 0 Å². The fourth-order valence-corrected chi connectivity index (χ4v) is 1.33. The van der Waals surface area contributed by atoms with Gasteiger partial charge >= 0.3 is 0 Å². The maximum Gasteiger partial charge on any atom is 0.219 e. The zero-order valence-corrected chi connectivity index (χ0v) is 6.84. The Hall–Kier alpha value is -1.68. The molecule has 66 valence electrons. The van der Waals surface area contributed by atoms with Gasteiger partial charge in [0.15, 0.2) is 0 Å². The van der Waals surface area contributed by atoms with Crippen molar-refractivity contribution in [2.24, 2.45) is 0 Å². The highest BCUT2D eigenvalue weighted by atomic mass is 16.3. The van der Waals surface area contributed by atoms with Gasteiger partial charge in [0.2, 0.25) is 6.41 Å². The van der Waals surface area contributed by atoms with E-state index >= 15 is 0 Å². The molecule has 1 aromatic carbocycles. The van der Waals surface area contributed by atoms with E-state index in [0.29, 0.717) is 11.9 Å². The second-order valence-corrected chi connectivity index (χ2v) is 2.70. The molecule has 0 atom stereocenters. The predicted octanol–water partition coefficient (Wildman–Crippen LogP) is 0.567. The summed E-state index contributed by atoms with van der Waals surface area (Å²) in [7, 11) is 0. The van der Waals surface area contributed by atoms with Crippen molar-refractivity contribution in [3.63, 3.8) is 0 Å². The number of carbonyl (C=O) groups excluding carboxylic acids is 1. The summed E-state index contributed by atoms with van der Waals surface area (Å²) in [6, 6.07) is 5.36. The van der Waals surface area contributed by atoms with Gasteiger partial charge in [0.05, 0.1) is 17.6 Å². The van der Waals surface area contributed by atoms with Gasteiger partial charge in [-0.15, -0.1) is 0 Å². The lowest BCUT2D eigenvalue weighted by molar-refractivity contribution is 0.283. The molecular formula is C9H8N2O2. The molecule has 0 aliphatic carbocycles. The third-order valence-electron chi connectivity index (χ3n) is 1.97. The van der Waals surface area contributed by atoms with Crippen molar-refractivity contribution in [3.8, 4) is 0 Å². The number of aromatic nitrogens is 2. The van der Waals surface area contributed by atoms with Gasteiger partial charge in [-0.1, -0.05) is 12.1 Å². The van der Waals surface area contributed by atoms with Crippen LogP contribution in [0.15, 0.2) is 24.5 Å². The van der Waals surface area contributed by atoms with Gasteiger partial charge in [0.1, 0.15) is 6.33 Å². The number of aliphatic hydroxyl groups excluding tert-OH is 1. The van der Waals surface area contributed by atoms with Gasteiger partial charge in [0.25, 0.3) is 0 Å². The third kappa shape index (κ3) is 1.11. The number of imidazole rings is 1. The second kappa shape index (κ2) is 2.99. The summed E-state index contributed by atoms with van der Waals surface area (Å²) < 4.78 is 1.38. The number of fused-ring (bicyclic) bond motifs is 1. The molecule has 1 heterocycles. The Morgan fingerprint density at radius 2 is 2.38 bits per heavy atom. The largest absolute Gasteiger partial charge is 0.392 e. The van der Waals surface area contributed by atoms with Gasteiger partial charge < -0.3 is 5.11 Å². The lowest BCUT2D eigenvalue weighted by atomic mass is 10.2. The van der Waals surface area contributed by atoms with Crippen LogP contribution in [0.2, 0.25) is 0 Å². The zero-order chi connectivity index (χ0) is 9.26. The van der Waals surface area contributed by atoms with E-state index < -0.39 is 0 Å². The Bertz CT molecular complexity index is 448. The van der Waals surface area contributed by atoms with Gasteiger partial charge in [-0.2, -0.15) is 0 Å². The Labute approximate surface area is 74.4 Å². The molecule has 0 aliphatic heterocycles. The van der Waals surface area contributed by atoms with Crippen LogP contribution in [0.3, 0.4) is 0 Å². The summed E-state index contributed by atoms with van der Waals surface area (Å²) in [4.78, 5) is 14.6. The topological polar surface area (TPSA) is 55.1 Å². The third-order valence-corrected chi connectivity index (χ3v) is 1.97. The van der Waals surface area contributed by atoms with Gasteiger partial charge in [-0.3, -0.25) is 9.36 Å². The Morgan fingerprint density at radius 3 is 3.08 bits per heavy atom. The molecule has 4 nitrogen and oxygen atoms in total. The average Bonchev–Trinajstić information content (AvgIpc) is 2.60. The minimum atomic E-state index is -0.0623. The maximum atomic E-state index is 10.5. The second-order valence-electron chi connectivity index (χ2n) is 2.70. The fourth-order valence-electron chi connectivity index (χ4n) is 1.33. The summed E-state index contributed by atoms with van der Waals surface area (Å²) in [5.41, 5.74) is 2.14. The van der Waals surface area contributed by atoms with Crippen LogP contribution in [0.25, 0.3) is 11.0 Å².